The molecule has 1 aliphatic carbocycles. The summed E-state index contributed by atoms with van der Waals surface area (Å²) >= 11 is 0. The highest BCUT2D eigenvalue weighted by Crippen LogP contribution is 2.10. The van der Waals surface area contributed by atoms with Crippen LogP contribution in [0.2, 0.25) is 0 Å². The second-order valence-electron chi connectivity index (χ2n) is 4.02. The quantitative estimate of drug-likeness (QED) is 0.589. The van der Waals surface area contributed by atoms with Gasteiger partial charge in [-0.3, -0.25) is 9.59 Å². The Morgan fingerprint density at radius 1 is 1.00 bits per heavy atom. The first kappa shape index (κ1) is 11.5. The molecule has 1 saturated carbocycles. The van der Waals surface area contributed by atoms with E-state index in [1.165, 1.54) is 0 Å². The van der Waals surface area contributed by atoms with Gasteiger partial charge >= 0.3 is 0 Å². The minimum absolute atomic E-state index is 0.0394. The minimum Gasteiger partial charge on any atom is -0.391 e. The van der Waals surface area contributed by atoms with Gasteiger partial charge in [-0.2, -0.15) is 0 Å². The summed E-state index contributed by atoms with van der Waals surface area (Å²) in [5.74, 6) is -0.161. The van der Waals surface area contributed by atoms with E-state index in [0.717, 1.165) is 5.56 Å². The van der Waals surface area contributed by atoms with Gasteiger partial charge in [0.15, 0.2) is 0 Å². The van der Waals surface area contributed by atoms with Gasteiger partial charge in [-0.15, -0.1) is 0 Å². The van der Waals surface area contributed by atoms with Gasteiger partial charge in [-0.25, -0.2) is 0 Å². The molecule has 0 bridgehead atoms. The number of benzene rings is 1. The van der Waals surface area contributed by atoms with E-state index in [1.54, 1.807) is 0 Å². The second-order valence-corrected chi connectivity index (χ2v) is 4.02. The van der Waals surface area contributed by atoms with E-state index in [9.17, 15) is 9.59 Å². The Kier molecular flexibility index (Phi) is 3.65. The molecule has 1 aromatic carbocycles. The molecule has 4 heteroatoms. The summed E-state index contributed by atoms with van der Waals surface area (Å²) < 4.78 is 0. The SMILES string of the molecule is O=C1CC(=O)CC(=NOCc2ccccc2)C1. The molecular formula is C13H13NO3. The van der Waals surface area contributed by atoms with Gasteiger partial charge < -0.3 is 4.84 Å². The molecule has 0 spiro atoms. The number of ketones is 2. The Morgan fingerprint density at radius 2 is 1.65 bits per heavy atom. The third-order valence-electron chi connectivity index (χ3n) is 2.46. The number of rotatable bonds is 3. The van der Waals surface area contributed by atoms with E-state index in [2.05, 4.69) is 5.16 Å². The lowest BCUT2D eigenvalue weighted by Gasteiger charge is -2.10. The van der Waals surface area contributed by atoms with Crippen molar-refractivity contribution in [1.82, 2.24) is 0 Å². The zero-order valence-electron chi connectivity index (χ0n) is 9.39. The first-order valence-electron chi connectivity index (χ1n) is 5.49. The largest absolute Gasteiger partial charge is 0.391 e. The molecule has 0 aromatic heterocycles. The Balaban J connectivity index is 1.88. The summed E-state index contributed by atoms with van der Waals surface area (Å²) in [5, 5.41) is 3.85. The standard InChI is InChI=1S/C13H13NO3/c15-12-6-11(7-13(16)8-12)14-17-9-10-4-2-1-3-5-10/h1-5H,6-9H2. The first-order chi connectivity index (χ1) is 8.24. The van der Waals surface area contributed by atoms with Crippen LogP contribution in [0.4, 0.5) is 0 Å². The highest BCUT2D eigenvalue weighted by Gasteiger charge is 2.21. The fraction of sp³-hybridized carbons (Fsp3) is 0.308. The number of oxime groups is 1. The third-order valence-corrected chi connectivity index (χ3v) is 2.46. The van der Waals surface area contributed by atoms with Crippen LogP contribution in [0.5, 0.6) is 0 Å². The van der Waals surface area contributed by atoms with Crippen molar-refractivity contribution in [2.75, 3.05) is 0 Å². The summed E-state index contributed by atoms with van der Waals surface area (Å²) in [6.45, 7) is 0.354. The lowest BCUT2D eigenvalue weighted by Crippen LogP contribution is -2.22. The third kappa shape index (κ3) is 3.52. The number of carbonyl (C=O) groups excluding carboxylic acids is 2. The molecule has 17 heavy (non-hydrogen) atoms. The van der Waals surface area contributed by atoms with Gasteiger partial charge in [-0.1, -0.05) is 35.5 Å². The summed E-state index contributed by atoms with van der Waals surface area (Å²) in [6, 6.07) is 9.61. The molecule has 0 aliphatic heterocycles. The smallest absolute Gasteiger partial charge is 0.146 e. The Labute approximate surface area is 99.3 Å². The molecule has 0 N–H and O–H groups in total. The van der Waals surface area contributed by atoms with E-state index in [0.29, 0.717) is 12.3 Å². The predicted molar refractivity (Wildman–Crippen MR) is 62.5 cm³/mol. The van der Waals surface area contributed by atoms with Crippen molar-refractivity contribution in [1.29, 1.82) is 0 Å². The van der Waals surface area contributed by atoms with Crippen LogP contribution in [0.1, 0.15) is 24.8 Å². The molecule has 2 rings (SSSR count). The van der Waals surface area contributed by atoms with Crippen LogP contribution in [0.25, 0.3) is 0 Å². The first-order valence-corrected chi connectivity index (χ1v) is 5.49. The van der Waals surface area contributed by atoms with Crippen LogP contribution in [0, 0.1) is 0 Å². The summed E-state index contributed by atoms with van der Waals surface area (Å²) in [4.78, 5) is 27.5. The fourth-order valence-corrected chi connectivity index (χ4v) is 1.70. The highest BCUT2D eigenvalue weighted by atomic mass is 16.6. The molecular weight excluding hydrogens is 218 g/mol. The van der Waals surface area contributed by atoms with Crippen LogP contribution in [0.15, 0.2) is 35.5 Å². The van der Waals surface area contributed by atoms with Crippen molar-refractivity contribution >= 4 is 17.3 Å². The summed E-state index contributed by atoms with van der Waals surface area (Å²) in [5.41, 5.74) is 1.53. The maximum Gasteiger partial charge on any atom is 0.146 e. The van der Waals surface area contributed by atoms with Gasteiger partial charge in [-0.05, 0) is 5.56 Å². The van der Waals surface area contributed by atoms with Crippen molar-refractivity contribution in [2.24, 2.45) is 5.16 Å². The van der Waals surface area contributed by atoms with E-state index in [4.69, 9.17) is 4.84 Å². The van der Waals surface area contributed by atoms with Crippen molar-refractivity contribution in [3.05, 3.63) is 35.9 Å². The molecule has 1 aromatic rings. The Hall–Kier alpha value is -1.97. The zero-order chi connectivity index (χ0) is 12.1. The topological polar surface area (TPSA) is 55.7 Å². The van der Waals surface area contributed by atoms with Crippen LogP contribution in [-0.2, 0) is 21.0 Å². The molecule has 0 unspecified atom stereocenters. The lowest BCUT2D eigenvalue weighted by molar-refractivity contribution is -0.126. The van der Waals surface area contributed by atoms with Crippen LogP contribution >= 0.6 is 0 Å². The molecule has 4 nitrogen and oxygen atoms in total. The zero-order valence-corrected chi connectivity index (χ0v) is 9.39. The van der Waals surface area contributed by atoms with Gasteiger partial charge in [0, 0.05) is 12.8 Å². The molecule has 0 amide bonds. The number of nitrogens with zero attached hydrogens (tertiary/aromatic N) is 1. The van der Waals surface area contributed by atoms with E-state index >= 15 is 0 Å². The number of Topliss-reactive ketones (excluding diaryl/α,β-unsaturated/α-hetero) is 2. The van der Waals surface area contributed by atoms with Crippen molar-refractivity contribution in [3.63, 3.8) is 0 Å². The molecule has 1 aliphatic rings. The van der Waals surface area contributed by atoms with E-state index < -0.39 is 0 Å². The molecule has 0 atom stereocenters. The van der Waals surface area contributed by atoms with Gasteiger partial charge in [0.2, 0.25) is 0 Å². The van der Waals surface area contributed by atoms with Crippen molar-refractivity contribution in [3.8, 4) is 0 Å². The Morgan fingerprint density at radius 3 is 2.29 bits per heavy atom. The molecule has 88 valence electrons. The van der Waals surface area contributed by atoms with E-state index in [1.807, 2.05) is 30.3 Å². The van der Waals surface area contributed by atoms with E-state index in [-0.39, 0.29) is 30.8 Å². The maximum atomic E-state index is 11.2. The number of hydrogen-bond donors (Lipinski definition) is 0. The highest BCUT2D eigenvalue weighted by molar-refractivity contribution is 6.20. The van der Waals surface area contributed by atoms with Gasteiger partial charge in [0.1, 0.15) is 18.2 Å². The normalized spacial score (nSPS) is 15.9. The van der Waals surface area contributed by atoms with Crippen molar-refractivity contribution in [2.45, 2.75) is 25.9 Å². The minimum atomic E-state index is -0.0803. The fourth-order valence-electron chi connectivity index (χ4n) is 1.70. The lowest BCUT2D eigenvalue weighted by atomic mass is 9.96. The number of hydrogen-bond acceptors (Lipinski definition) is 4. The Bertz CT molecular complexity index is 433. The average molecular weight is 231 g/mol. The average Bonchev–Trinajstić information content (AvgIpc) is 2.29. The monoisotopic (exact) mass is 231 g/mol. The molecule has 0 saturated heterocycles. The summed E-state index contributed by atoms with van der Waals surface area (Å²) in [6.07, 6.45) is 0.513. The number of carbonyl (C=O) groups is 2. The predicted octanol–water partition coefficient (Wildman–Crippen LogP) is 1.88. The molecule has 0 heterocycles. The maximum absolute atomic E-state index is 11.2. The molecule has 0 radical (unpaired) electrons. The van der Waals surface area contributed by atoms with Gasteiger partial charge in [0.25, 0.3) is 0 Å². The second kappa shape index (κ2) is 5.39. The van der Waals surface area contributed by atoms with Crippen LogP contribution in [-0.4, -0.2) is 17.3 Å². The van der Waals surface area contributed by atoms with Crippen LogP contribution < -0.4 is 0 Å². The van der Waals surface area contributed by atoms with Crippen LogP contribution in [0.3, 0.4) is 0 Å². The molecule has 1 fully saturated rings. The van der Waals surface area contributed by atoms with Gasteiger partial charge in [0.05, 0.1) is 12.1 Å². The van der Waals surface area contributed by atoms with Crippen molar-refractivity contribution < 1.29 is 14.4 Å². The summed E-state index contributed by atoms with van der Waals surface area (Å²) in [7, 11) is 0.